The van der Waals surface area contributed by atoms with Gasteiger partial charge in [-0.1, -0.05) is 0 Å². The number of carboxylic acid groups (broad SMARTS) is 1. The highest BCUT2D eigenvalue weighted by Crippen LogP contribution is 2.25. The zero-order chi connectivity index (χ0) is 15.5. The van der Waals surface area contributed by atoms with E-state index in [1.807, 2.05) is 13.8 Å². The number of carbonyl (C=O) groups excluding carboxylic acids is 1. The lowest BCUT2D eigenvalue weighted by Gasteiger charge is -2.34. The van der Waals surface area contributed by atoms with Crippen LogP contribution in [0, 0.1) is 6.92 Å². The number of hydrogen-bond acceptors (Lipinski definition) is 4. The van der Waals surface area contributed by atoms with Crippen molar-refractivity contribution in [2.45, 2.75) is 32.2 Å². The van der Waals surface area contributed by atoms with E-state index in [4.69, 9.17) is 9.84 Å². The van der Waals surface area contributed by atoms with Crippen LogP contribution in [-0.2, 0) is 9.53 Å². The van der Waals surface area contributed by atoms with Crippen molar-refractivity contribution in [1.29, 1.82) is 0 Å². The van der Waals surface area contributed by atoms with Crippen LogP contribution >= 0.6 is 11.3 Å². The Balaban J connectivity index is 2.09. The van der Waals surface area contributed by atoms with Crippen molar-refractivity contribution in [2.24, 2.45) is 0 Å². The predicted molar refractivity (Wildman–Crippen MR) is 81.7 cm³/mol. The molecule has 1 saturated heterocycles. The Bertz CT molecular complexity index is 570. The van der Waals surface area contributed by atoms with E-state index in [2.05, 4.69) is 5.32 Å². The van der Waals surface area contributed by atoms with E-state index in [1.54, 1.807) is 6.07 Å². The van der Waals surface area contributed by atoms with Crippen LogP contribution in [0.2, 0.25) is 0 Å². The van der Waals surface area contributed by atoms with Crippen molar-refractivity contribution >= 4 is 29.3 Å². The molecule has 1 fully saturated rings. The number of ether oxygens (including phenoxy) is 1. The average Bonchev–Trinajstić information content (AvgIpc) is 2.78. The molecule has 21 heavy (non-hydrogen) atoms. The van der Waals surface area contributed by atoms with Crippen molar-refractivity contribution in [3.8, 4) is 0 Å². The highest BCUT2D eigenvalue weighted by atomic mass is 32.1. The van der Waals surface area contributed by atoms with Crippen LogP contribution in [0.15, 0.2) is 12.1 Å². The Morgan fingerprint density at radius 2 is 2.10 bits per heavy atom. The normalized spacial score (nSPS) is 17.8. The maximum Gasteiger partial charge on any atom is 0.328 e. The summed E-state index contributed by atoms with van der Waals surface area (Å²) in [6.45, 7) is 5.21. The Morgan fingerprint density at radius 3 is 2.71 bits per heavy atom. The lowest BCUT2D eigenvalue weighted by atomic mass is 9.92. The SMILES string of the molecule is Cc1cc(C(=O)NC2(C)CCOCC2)sc1/C=C/C(=O)O. The van der Waals surface area contributed by atoms with Crippen LogP contribution in [0.4, 0.5) is 0 Å². The number of aliphatic carboxylic acids is 1. The van der Waals surface area contributed by atoms with Crippen LogP contribution in [0.25, 0.3) is 6.08 Å². The number of amides is 1. The van der Waals surface area contributed by atoms with Gasteiger partial charge in [-0.3, -0.25) is 4.79 Å². The van der Waals surface area contributed by atoms with Crippen molar-refractivity contribution in [3.63, 3.8) is 0 Å². The van der Waals surface area contributed by atoms with E-state index in [0.717, 1.165) is 29.4 Å². The molecule has 2 heterocycles. The summed E-state index contributed by atoms with van der Waals surface area (Å²) in [5, 5.41) is 11.7. The molecule has 5 nitrogen and oxygen atoms in total. The molecule has 2 N–H and O–H groups in total. The number of carboxylic acids is 1. The maximum atomic E-state index is 12.3. The second-order valence-electron chi connectivity index (χ2n) is 5.46. The van der Waals surface area contributed by atoms with E-state index in [0.29, 0.717) is 18.1 Å². The molecule has 114 valence electrons. The summed E-state index contributed by atoms with van der Waals surface area (Å²) in [5.41, 5.74) is 0.671. The average molecular weight is 309 g/mol. The molecule has 0 aliphatic carbocycles. The van der Waals surface area contributed by atoms with Crippen LogP contribution < -0.4 is 5.32 Å². The lowest BCUT2D eigenvalue weighted by molar-refractivity contribution is -0.131. The van der Waals surface area contributed by atoms with Gasteiger partial charge in [0.15, 0.2) is 0 Å². The van der Waals surface area contributed by atoms with Crippen molar-refractivity contribution < 1.29 is 19.4 Å². The third-order valence-electron chi connectivity index (χ3n) is 3.57. The molecule has 0 unspecified atom stereocenters. The zero-order valence-corrected chi connectivity index (χ0v) is 13.0. The van der Waals surface area contributed by atoms with Gasteiger partial charge in [0.2, 0.25) is 0 Å². The van der Waals surface area contributed by atoms with Gasteiger partial charge in [-0.15, -0.1) is 11.3 Å². The molecule has 0 saturated carbocycles. The fourth-order valence-corrected chi connectivity index (χ4v) is 3.18. The number of carbonyl (C=O) groups is 2. The topological polar surface area (TPSA) is 75.6 Å². The van der Waals surface area contributed by atoms with E-state index in [9.17, 15) is 9.59 Å². The minimum absolute atomic E-state index is 0.109. The number of aryl methyl sites for hydroxylation is 1. The van der Waals surface area contributed by atoms with Gasteiger partial charge in [0.05, 0.1) is 4.88 Å². The highest BCUT2D eigenvalue weighted by Gasteiger charge is 2.29. The number of rotatable bonds is 4. The molecule has 1 aliphatic rings. The number of hydrogen-bond donors (Lipinski definition) is 2. The Morgan fingerprint density at radius 1 is 1.43 bits per heavy atom. The first-order valence-corrected chi connectivity index (χ1v) is 7.63. The van der Waals surface area contributed by atoms with Gasteiger partial charge in [-0.05, 0) is 44.4 Å². The standard InChI is InChI=1S/C15H19NO4S/c1-10-9-12(21-11(10)3-4-13(17)18)14(19)16-15(2)5-7-20-8-6-15/h3-4,9H,5-8H2,1-2H3,(H,16,19)(H,17,18)/b4-3+. The fourth-order valence-electron chi connectivity index (χ4n) is 2.20. The van der Waals surface area contributed by atoms with Crippen LogP contribution in [0.1, 0.15) is 39.9 Å². The van der Waals surface area contributed by atoms with Gasteiger partial charge in [0, 0.05) is 29.7 Å². The quantitative estimate of drug-likeness (QED) is 0.838. The summed E-state index contributed by atoms with van der Waals surface area (Å²) in [5.74, 6) is -1.11. The minimum Gasteiger partial charge on any atom is -0.478 e. The minimum atomic E-state index is -0.997. The lowest BCUT2D eigenvalue weighted by Crippen LogP contribution is -2.49. The molecule has 0 radical (unpaired) electrons. The molecule has 1 aromatic heterocycles. The summed E-state index contributed by atoms with van der Waals surface area (Å²) in [6, 6.07) is 1.80. The van der Waals surface area contributed by atoms with E-state index in [1.165, 1.54) is 17.4 Å². The molecular weight excluding hydrogens is 290 g/mol. The highest BCUT2D eigenvalue weighted by molar-refractivity contribution is 7.15. The van der Waals surface area contributed by atoms with E-state index < -0.39 is 5.97 Å². The molecule has 6 heteroatoms. The Hall–Kier alpha value is -1.66. The van der Waals surface area contributed by atoms with Gasteiger partial charge in [-0.2, -0.15) is 0 Å². The summed E-state index contributed by atoms with van der Waals surface area (Å²) in [6.07, 6.45) is 4.21. The van der Waals surface area contributed by atoms with Crippen molar-refractivity contribution in [1.82, 2.24) is 5.32 Å². The molecular formula is C15H19NO4S. The predicted octanol–water partition coefficient (Wildman–Crippen LogP) is 2.45. The third kappa shape index (κ3) is 4.15. The largest absolute Gasteiger partial charge is 0.478 e. The van der Waals surface area contributed by atoms with Crippen LogP contribution in [0.3, 0.4) is 0 Å². The first-order chi connectivity index (χ1) is 9.89. The van der Waals surface area contributed by atoms with Gasteiger partial charge in [0.25, 0.3) is 5.91 Å². The molecule has 1 aliphatic heterocycles. The maximum absolute atomic E-state index is 12.3. The molecule has 2 rings (SSSR count). The van der Waals surface area contributed by atoms with Gasteiger partial charge in [0.1, 0.15) is 0 Å². The zero-order valence-electron chi connectivity index (χ0n) is 12.1. The first-order valence-electron chi connectivity index (χ1n) is 6.81. The fraction of sp³-hybridized carbons (Fsp3) is 0.467. The van der Waals surface area contributed by atoms with Gasteiger partial charge < -0.3 is 15.2 Å². The van der Waals surface area contributed by atoms with E-state index in [-0.39, 0.29) is 11.4 Å². The second-order valence-corrected chi connectivity index (χ2v) is 6.54. The summed E-state index contributed by atoms with van der Waals surface area (Å²) < 4.78 is 5.32. The van der Waals surface area contributed by atoms with Gasteiger partial charge in [-0.25, -0.2) is 4.79 Å². The molecule has 1 amide bonds. The smallest absolute Gasteiger partial charge is 0.328 e. The van der Waals surface area contributed by atoms with Crippen molar-refractivity contribution in [3.05, 3.63) is 27.5 Å². The summed E-state index contributed by atoms with van der Waals surface area (Å²) in [7, 11) is 0. The van der Waals surface area contributed by atoms with Gasteiger partial charge >= 0.3 is 5.97 Å². The van der Waals surface area contributed by atoms with E-state index >= 15 is 0 Å². The summed E-state index contributed by atoms with van der Waals surface area (Å²) >= 11 is 1.30. The molecule has 0 bridgehead atoms. The first kappa shape index (κ1) is 15.7. The molecule has 0 aromatic carbocycles. The van der Waals surface area contributed by atoms with Crippen LogP contribution in [-0.4, -0.2) is 35.7 Å². The number of thiophene rings is 1. The Labute approximate surface area is 127 Å². The third-order valence-corrected chi connectivity index (χ3v) is 4.77. The van der Waals surface area contributed by atoms with Crippen molar-refractivity contribution in [2.75, 3.05) is 13.2 Å². The molecule has 1 aromatic rings. The number of nitrogens with one attached hydrogen (secondary N) is 1. The van der Waals surface area contributed by atoms with Crippen LogP contribution in [0.5, 0.6) is 0 Å². The summed E-state index contributed by atoms with van der Waals surface area (Å²) in [4.78, 5) is 24.3. The second kappa shape index (κ2) is 6.41. The Kier molecular flexibility index (Phi) is 4.80. The monoisotopic (exact) mass is 309 g/mol. The molecule has 0 atom stereocenters. The molecule has 0 spiro atoms.